The van der Waals surface area contributed by atoms with E-state index in [2.05, 4.69) is 26.6 Å². The number of hydrogen-bond acceptors (Lipinski definition) is 25. The molecule has 2 heterocycles. The van der Waals surface area contributed by atoms with Crippen LogP contribution in [-0.4, -0.2) is 388 Å². The van der Waals surface area contributed by atoms with Gasteiger partial charge < -0.3 is 105 Å². The molecule has 2 aliphatic heterocycles. The third kappa shape index (κ3) is 24.5. The van der Waals surface area contributed by atoms with Crippen molar-refractivity contribution in [1.82, 2.24) is 75.6 Å². The zero-order chi connectivity index (χ0) is 96.5. The van der Waals surface area contributed by atoms with Crippen LogP contribution in [-0.2, 0) is 117 Å². The number of alkyl halides is 2. The molecule has 130 heavy (non-hydrogen) atoms. The first-order valence-corrected chi connectivity index (χ1v) is 41.4. The van der Waals surface area contributed by atoms with Crippen molar-refractivity contribution in [1.29, 1.82) is 0 Å². The minimum absolute atomic E-state index is 0.0254. The van der Waals surface area contributed by atoms with E-state index in [-0.39, 0.29) is 67.7 Å². The highest BCUT2D eigenvalue weighted by atomic mass is 19.1. The van der Waals surface area contributed by atoms with Crippen LogP contribution in [0.1, 0.15) is 76.7 Å². The first kappa shape index (κ1) is 102. The standard InChI is InChI=1S/C85H111F3N16O26/c1-49(80(126)91-35-65(110)92-48-127-47-61(107)85-62(129-81(130-85)51-16-14-17-52(86)28-51)32-55-56-31-58(87)57-30-54(105)25-26-82(57,2)84(56,88)60(106)33-83(55,85)3)93-66(111)36-90-64(109)34-89-63(108)22-20-50-19-21-53(104-68(113)23-24-69(104)114)29-59(50)128-27-15-18-67(112)94(4)37-70(115)95(5)38-71(116)96(6)39-72(117)97(7)40-73(118)98(8)41-74(119)99(9)42-75(120)100(10)43-76(121)101(11)44-77(122)102(12)45-78(123)103(13)46-79(124)125/h14,16-17,19,21,23-26,28-30,49,55-56,58,60,62,81,106H,15,18,20,22,27,31-48H2,1-13H3,(H,89,108)(H,90,109)(H,91,126)(H,92,110)(H,93,111)(H,124,125)/t49-,55-,56-,58-,60-,62+,81+,82-,83-,84-,85+/m0/s1. The van der Waals surface area contributed by atoms with Gasteiger partial charge in [-0.1, -0.05) is 31.2 Å². The second-order valence-electron chi connectivity index (χ2n) is 33.5. The van der Waals surface area contributed by atoms with E-state index in [1.165, 1.54) is 127 Å². The Morgan fingerprint density at radius 1 is 0.569 bits per heavy atom. The van der Waals surface area contributed by atoms with E-state index < -0.39 is 293 Å². The highest BCUT2D eigenvalue weighted by molar-refractivity contribution is 6.28. The molecule has 0 unspecified atom stereocenters. The molecule has 8 rings (SSSR count). The average molecular weight is 1830 g/mol. The summed E-state index contributed by atoms with van der Waals surface area (Å²) in [6, 6.07) is 8.35. The summed E-state index contributed by atoms with van der Waals surface area (Å²) in [5, 5.41) is 32.7. The van der Waals surface area contributed by atoms with Gasteiger partial charge >= 0.3 is 5.97 Å². The predicted octanol–water partition coefficient (Wildman–Crippen LogP) is -3.69. The van der Waals surface area contributed by atoms with Gasteiger partial charge in [0, 0.05) is 124 Å². The number of anilines is 1. The second kappa shape index (κ2) is 43.9. The number of amides is 17. The van der Waals surface area contributed by atoms with E-state index in [0.29, 0.717) is 5.56 Å². The van der Waals surface area contributed by atoms with E-state index in [4.69, 9.17) is 24.1 Å². The summed E-state index contributed by atoms with van der Waals surface area (Å²) in [6.07, 6.45) is -1.64. The van der Waals surface area contributed by atoms with Gasteiger partial charge in [-0.25, -0.2) is 18.1 Å². The van der Waals surface area contributed by atoms with Gasteiger partial charge in [0.15, 0.2) is 29.1 Å². The molecule has 2 aromatic rings. The Labute approximate surface area is 746 Å². The molecule has 2 aromatic carbocycles. The maximum atomic E-state index is 18.0. The number of fused-ring (bicyclic) bond motifs is 7. The number of nitrogens with zero attached hydrogens (tertiary/aromatic N) is 11. The summed E-state index contributed by atoms with van der Waals surface area (Å²) in [7, 11) is 12.9. The molecule has 17 amide bonds. The molecule has 0 aromatic heterocycles. The van der Waals surface area contributed by atoms with E-state index >= 15 is 8.78 Å². The first-order valence-electron chi connectivity index (χ1n) is 41.4. The Morgan fingerprint density at radius 3 is 1.54 bits per heavy atom. The van der Waals surface area contributed by atoms with Crippen LogP contribution in [0.3, 0.4) is 0 Å². The number of nitrogens with one attached hydrogen (secondary N) is 5. The highest BCUT2D eigenvalue weighted by Gasteiger charge is 2.80. The van der Waals surface area contributed by atoms with Crippen molar-refractivity contribution in [2.24, 2.45) is 22.7 Å². The molecule has 708 valence electrons. The number of aliphatic hydroxyl groups excluding tert-OH is 1. The van der Waals surface area contributed by atoms with Crippen LogP contribution in [0.4, 0.5) is 18.9 Å². The smallest absolute Gasteiger partial charge is 0.323 e. The summed E-state index contributed by atoms with van der Waals surface area (Å²) < 4.78 is 73.5. The van der Waals surface area contributed by atoms with Gasteiger partial charge in [-0.2, -0.15) is 0 Å². The number of carbonyl (C=O) groups excluding carboxylic acids is 19. The van der Waals surface area contributed by atoms with Crippen molar-refractivity contribution >= 4 is 124 Å². The maximum absolute atomic E-state index is 18.0. The normalized spacial score (nSPS) is 22.1. The van der Waals surface area contributed by atoms with Gasteiger partial charge in [-0.3, -0.25) is 95.9 Å². The van der Waals surface area contributed by atoms with Crippen molar-refractivity contribution in [3.05, 3.63) is 95.4 Å². The van der Waals surface area contributed by atoms with Crippen molar-refractivity contribution in [2.45, 2.75) is 108 Å². The van der Waals surface area contributed by atoms with Gasteiger partial charge in [0.05, 0.1) is 103 Å². The van der Waals surface area contributed by atoms with Crippen molar-refractivity contribution in [3.63, 3.8) is 0 Å². The van der Waals surface area contributed by atoms with Crippen LogP contribution in [0.5, 0.6) is 5.75 Å². The average Bonchev–Trinajstić information content (AvgIpc) is 1.44. The van der Waals surface area contributed by atoms with Crippen LogP contribution >= 0.6 is 0 Å². The number of allylic oxidation sites excluding steroid dienone is 4. The number of aliphatic hydroxyl groups is 1. The van der Waals surface area contributed by atoms with Crippen molar-refractivity contribution < 1.29 is 138 Å². The number of imide groups is 1. The SMILES string of the molecule is C[C@H](NC(=O)CNC(=O)CNC(=O)CCc1ccc(N2C(=O)C=CC2=O)cc1OCCCC(=O)N(C)CC(=O)N(C)CC(=O)N(C)CC(=O)N(C)CC(=O)N(C)CC(=O)N(C)CC(=O)N(C)CC(=O)N(C)CC(=O)N(C)CC(=O)N(C)CC(=O)O)C(=O)NCC(=O)NCOCC(=O)[C@@]12O[C@H](c3cccc(F)c3)O[C@@H]1C[C@H]1[C@@H]3C[C@H](F)C4=CC(=O)C=C[C@]4(C)[C@@]3(F)[C@@H](O)C[C@@]12C. The van der Waals surface area contributed by atoms with E-state index in [1.807, 2.05) is 0 Å². The molecule has 7 N–H and O–H groups in total. The number of Topliss-reactive ketones (excluding diaryl/α,β-unsaturated/α-hetero) is 1. The number of ketones is 2. The zero-order valence-corrected chi connectivity index (χ0v) is 74.5. The molecule has 11 atom stereocenters. The number of halogens is 3. The summed E-state index contributed by atoms with van der Waals surface area (Å²) >= 11 is 0. The van der Waals surface area contributed by atoms with Gasteiger partial charge in [-0.05, 0) is 93.4 Å². The highest BCUT2D eigenvalue weighted by Crippen LogP contribution is 2.73. The molecule has 0 bridgehead atoms. The fourth-order valence-corrected chi connectivity index (χ4v) is 16.4. The van der Waals surface area contributed by atoms with Crippen LogP contribution in [0.25, 0.3) is 0 Å². The lowest BCUT2D eigenvalue weighted by atomic mass is 9.44. The van der Waals surface area contributed by atoms with Crippen LogP contribution in [0, 0.1) is 28.5 Å². The Morgan fingerprint density at radius 2 is 1.04 bits per heavy atom. The monoisotopic (exact) mass is 1830 g/mol. The van der Waals surface area contributed by atoms with Gasteiger partial charge in [0.25, 0.3) is 11.8 Å². The zero-order valence-electron chi connectivity index (χ0n) is 74.5. The van der Waals surface area contributed by atoms with Gasteiger partial charge in [-0.15, -0.1) is 0 Å². The van der Waals surface area contributed by atoms with E-state index in [9.17, 15) is 105 Å². The molecule has 3 saturated carbocycles. The minimum atomic E-state index is -2.50. The Kier molecular flexibility index (Phi) is 34.6. The molecule has 45 heteroatoms. The lowest BCUT2D eigenvalue weighted by Crippen LogP contribution is -2.70. The number of carboxylic acid groups (broad SMARTS) is 1. The fraction of sp³-hybridized carbons (Fsp3) is 0.553. The van der Waals surface area contributed by atoms with Crippen LogP contribution in [0.15, 0.2) is 78.4 Å². The molecule has 4 aliphatic carbocycles. The fourth-order valence-electron chi connectivity index (χ4n) is 16.4. The van der Waals surface area contributed by atoms with Crippen LogP contribution < -0.4 is 36.2 Å². The number of carbonyl (C=O) groups is 20. The Bertz CT molecular complexity index is 4860. The molecule has 42 nitrogen and oxygen atoms in total. The van der Waals surface area contributed by atoms with Crippen molar-refractivity contribution in [2.75, 3.05) is 180 Å². The molecule has 6 aliphatic rings. The molecule has 0 spiro atoms. The quantitative estimate of drug-likeness (QED) is 0.0191. The molecule has 4 fully saturated rings. The minimum Gasteiger partial charge on any atom is -0.493 e. The Balaban J connectivity index is 0.701. The number of hydrogen-bond donors (Lipinski definition) is 7. The number of rotatable bonds is 43. The summed E-state index contributed by atoms with van der Waals surface area (Å²) in [6.45, 7) is -4.20. The number of aryl methyl sites for hydroxylation is 1. The number of carboxylic acids is 1. The third-order valence-corrected chi connectivity index (χ3v) is 24.1. The number of ether oxygens (including phenoxy) is 4. The summed E-state index contributed by atoms with van der Waals surface area (Å²) in [5.41, 5.74) is -7.01. The predicted molar refractivity (Wildman–Crippen MR) is 448 cm³/mol. The molecule has 0 radical (unpaired) electrons. The first-order chi connectivity index (χ1) is 61.0. The van der Waals surface area contributed by atoms with Gasteiger partial charge in [0.1, 0.15) is 43.7 Å². The maximum Gasteiger partial charge on any atom is 0.323 e. The molecular weight excluding hydrogens is 1720 g/mol. The van der Waals surface area contributed by atoms with Crippen LogP contribution in [0.2, 0.25) is 0 Å². The summed E-state index contributed by atoms with van der Waals surface area (Å²) in [5.74, 6) is -16.9. The lowest BCUT2D eigenvalue weighted by Gasteiger charge is -2.63. The van der Waals surface area contributed by atoms with E-state index in [1.54, 1.807) is 6.92 Å². The largest absolute Gasteiger partial charge is 0.493 e. The summed E-state index contributed by atoms with van der Waals surface area (Å²) in [4.78, 5) is 269. The topological polar surface area (TPSA) is 515 Å². The van der Waals surface area contributed by atoms with Gasteiger partial charge in [0.2, 0.25) is 88.6 Å². The van der Waals surface area contributed by atoms with Crippen molar-refractivity contribution in [3.8, 4) is 5.75 Å². The number of benzene rings is 2. The molecular formula is C85H111F3N16O26. The number of aliphatic carboxylic acids is 1. The number of likely N-dealkylation sites (N-methyl/N-ethyl adjacent to an activating group) is 10. The Hall–Kier alpha value is -12.9. The third-order valence-electron chi connectivity index (χ3n) is 24.1. The lowest BCUT2D eigenvalue weighted by molar-refractivity contribution is -0.235. The van der Waals surface area contributed by atoms with E-state index in [0.717, 1.165) is 84.3 Å². The molecule has 1 saturated heterocycles. The second-order valence-corrected chi connectivity index (χ2v) is 33.5.